The summed E-state index contributed by atoms with van der Waals surface area (Å²) < 4.78 is 0. The molecule has 0 spiro atoms. The molecule has 0 radical (unpaired) electrons. The number of hydrogen-bond donors (Lipinski definition) is 1. The van der Waals surface area contributed by atoms with Crippen LogP contribution in [0.4, 0.5) is 0 Å². The third kappa shape index (κ3) is 2.52. The monoisotopic (exact) mass is 561 g/mol. The third-order valence-electron chi connectivity index (χ3n) is 4.95. The van der Waals surface area contributed by atoms with E-state index < -0.39 is 0 Å². The molecule has 3 fully saturated rings. The van der Waals surface area contributed by atoms with E-state index in [9.17, 15) is 5.11 Å². The Balaban J connectivity index is 0.000000640. The average molecular weight is 561 g/mol. The molecule has 16 heavy (non-hydrogen) atoms. The van der Waals surface area contributed by atoms with Crippen LogP contribution in [-0.2, 0) is 42.1 Å². The van der Waals surface area contributed by atoms with Gasteiger partial charge < -0.3 is 5.11 Å². The summed E-state index contributed by atoms with van der Waals surface area (Å²) in [6.07, 6.45) is 11.8. The van der Waals surface area contributed by atoms with Crippen LogP contribution in [0.2, 0.25) is 0 Å². The Morgan fingerprint density at radius 3 is 1.50 bits per heavy atom. The quantitative estimate of drug-likeness (QED) is 0.450. The molecular weight excluding hydrogens is 540 g/mol. The molecule has 3 saturated carbocycles. The van der Waals surface area contributed by atoms with Gasteiger partial charge in [0.05, 0.1) is 0 Å². The maximum atomic E-state index is 10.2. The second-order valence-corrected chi connectivity index (χ2v) is 5.53. The first kappa shape index (κ1) is 15.4. The van der Waals surface area contributed by atoms with Gasteiger partial charge in [-0.3, -0.25) is 0 Å². The van der Waals surface area contributed by atoms with Gasteiger partial charge in [-0.2, -0.15) is 6.10 Å². The predicted octanol–water partition coefficient (Wildman–Crippen LogP) is 3.51. The fourth-order valence-electron chi connectivity index (χ4n) is 4.35. The van der Waals surface area contributed by atoms with E-state index in [0.29, 0.717) is 11.8 Å². The van der Waals surface area contributed by atoms with Crippen molar-refractivity contribution in [3.63, 3.8) is 0 Å². The summed E-state index contributed by atoms with van der Waals surface area (Å²) in [6.45, 7) is 0. The maximum absolute atomic E-state index is 10.2. The molecule has 0 aromatic carbocycles. The zero-order chi connectivity index (χ0) is 9.54. The zero-order valence-electron chi connectivity index (χ0n) is 9.73. The minimum absolute atomic E-state index is 0. The molecule has 0 aliphatic heterocycles. The van der Waals surface area contributed by atoms with Crippen molar-refractivity contribution in [1.82, 2.24) is 0 Å². The molecule has 0 bridgehead atoms. The van der Waals surface area contributed by atoms with E-state index in [2.05, 4.69) is 0 Å². The molecule has 3 rings (SSSR count). The molecule has 4 unspecified atom stereocenters. The molecule has 4 atom stereocenters. The van der Waals surface area contributed by atoms with Crippen LogP contribution in [0.25, 0.3) is 0 Å². The summed E-state index contributed by atoms with van der Waals surface area (Å²) in [7, 11) is 0. The van der Waals surface area contributed by atoms with Crippen molar-refractivity contribution in [3.8, 4) is 0 Å². The first-order valence-electron chi connectivity index (χ1n) is 6.43. The minimum Gasteiger partial charge on any atom is -0.562 e. The Morgan fingerprint density at radius 1 is 0.688 bits per heavy atom. The van der Waals surface area contributed by atoms with Crippen molar-refractivity contribution in [2.45, 2.75) is 51.4 Å². The molecule has 0 amide bonds. The number of rotatable bonds is 0. The van der Waals surface area contributed by atoms with Gasteiger partial charge in [-0.1, -0.05) is 63.2 Å². The van der Waals surface area contributed by atoms with Crippen molar-refractivity contribution in [3.05, 3.63) is 6.10 Å². The van der Waals surface area contributed by atoms with E-state index in [1.54, 1.807) is 0 Å². The van der Waals surface area contributed by atoms with E-state index in [4.69, 9.17) is 0 Å². The Hall–Kier alpha value is 1.34. The fraction of sp³-hybridized carbons (Fsp3) is 0.923. The summed E-state index contributed by atoms with van der Waals surface area (Å²) in [4.78, 5) is 0. The SMILES string of the molecule is O[C-]1C2CCCCC2C2CCCCC12.[W].[W]. The van der Waals surface area contributed by atoms with E-state index in [0.717, 1.165) is 17.9 Å². The summed E-state index contributed by atoms with van der Waals surface area (Å²) in [6, 6.07) is 0. The summed E-state index contributed by atoms with van der Waals surface area (Å²) >= 11 is 0. The molecule has 0 saturated heterocycles. The van der Waals surface area contributed by atoms with E-state index in [-0.39, 0.29) is 42.1 Å². The van der Waals surface area contributed by atoms with Gasteiger partial charge in [-0.15, -0.1) is 11.8 Å². The van der Waals surface area contributed by atoms with Crippen molar-refractivity contribution < 1.29 is 47.2 Å². The largest absolute Gasteiger partial charge is 0.562 e. The topological polar surface area (TPSA) is 20.2 Å². The Labute approximate surface area is 128 Å². The average Bonchev–Trinajstić information content (AvgIpc) is 2.55. The Bertz CT molecular complexity index is 200. The molecule has 3 aliphatic carbocycles. The molecule has 0 heterocycles. The molecular formula is C13H21OW2-. The van der Waals surface area contributed by atoms with E-state index >= 15 is 0 Å². The second-order valence-electron chi connectivity index (χ2n) is 5.53. The van der Waals surface area contributed by atoms with Gasteiger partial charge in [0.2, 0.25) is 0 Å². The van der Waals surface area contributed by atoms with Crippen LogP contribution in [0.5, 0.6) is 0 Å². The zero-order valence-corrected chi connectivity index (χ0v) is 15.6. The summed E-state index contributed by atoms with van der Waals surface area (Å²) in [5.41, 5.74) is 0. The van der Waals surface area contributed by atoms with E-state index in [1.807, 2.05) is 0 Å². The number of aliphatic hydroxyl groups is 1. The Morgan fingerprint density at radius 2 is 1.06 bits per heavy atom. The Kier molecular flexibility index (Phi) is 6.24. The number of aliphatic hydroxyl groups excluding tert-OH is 1. The standard InChI is InChI=1S/C13H21O.2W/c14-13-11-7-3-1-5-9(11)10-6-2-4-8-12(10)13;;/h9-12,14H,1-8H2;;/q-1;;. The van der Waals surface area contributed by atoms with Crippen molar-refractivity contribution in [1.29, 1.82) is 0 Å². The summed E-state index contributed by atoms with van der Waals surface area (Å²) in [5.74, 6) is 2.96. The van der Waals surface area contributed by atoms with Crippen LogP contribution in [0, 0.1) is 29.8 Å². The van der Waals surface area contributed by atoms with Crippen LogP contribution >= 0.6 is 0 Å². The van der Waals surface area contributed by atoms with Crippen LogP contribution in [0.3, 0.4) is 0 Å². The predicted molar refractivity (Wildman–Crippen MR) is 56.1 cm³/mol. The normalized spacial score (nSPS) is 42.6. The third-order valence-corrected chi connectivity index (χ3v) is 4.95. The van der Waals surface area contributed by atoms with Gasteiger partial charge >= 0.3 is 0 Å². The molecule has 1 nitrogen and oxygen atoms in total. The van der Waals surface area contributed by atoms with Gasteiger partial charge in [0.25, 0.3) is 0 Å². The van der Waals surface area contributed by atoms with Gasteiger partial charge in [0.1, 0.15) is 0 Å². The molecule has 0 aromatic heterocycles. The van der Waals surface area contributed by atoms with Crippen LogP contribution in [0.1, 0.15) is 51.4 Å². The number of fused-ring (bicyclic) bond motifs is 3. The van der Waals surface area contributed by atoms with Gasteiger partial charge in [-0.25, -0.2) is 0 Å². The van der Waals surface area contributed by atoms with Crippen LogP contribution < -0.4 is 0 Å². The van der Waals surface area contributed by atoms with Gasteiger partial charge in [-0.05, 0) is 0 Å². The molecule has 0 aromatic rings. The first-order chi connectivity index (χ1) is 6.88. The van der Waals surface area contributed by atoms with Gasteiger partial charge in [0, 0.05) is 42.1 Å². The minimum atomic E-state index is 0. The molecule has 1 N–H and O–H groups in total. The fourth-order valence-corrected chi connectivity index (χ4v) is 4.35. The molecule has 3 aliphatic rings. The first-order valence-corrected chi connectivity index (χ1v) is 6.43. The summed E-state index contributed by atoms with van der Waals surface area (Å²) in [5, 5.41) is 10.2. The van der Waals surface area contributed by atoms with Crippen molar-refractivity contribution in [2.24, 2.45) is 23.7 Å². The maximum Gasteiger partial charge on any atom is 0 e. The van der Waals surface area contributed by atoms with Crippen molar-refractivity contribution in [2.75, 3.05) is 0 Å². The van der Waals surface area contributed by atoms with Crippen LogP contribution in [-0.4, -0.2) is 5.11 Å². The van der Waals surface area contributed by atoms with E-state index in [1.165, 1.54) is 51.4 Å². The van der Waals surface area contributed by atoms with Crippen molar-refractivity contribution >= 4 is 0 Å². The van der Waals surface area contributed by atoms with Gasteiger partial charge in [0.15, 0.2) is 0 Å². The smallest absolute Gasteiger partial charge is 0 e. The molecule has 92 valence electrons. The second kappa shape index (κ2) is 6.49. The molecule has 3 heteroatoms. The van der Waals surface area contributed by atoms with Crippen LogP contribution in [0.15, 0.2) is 0 Å². The number of hydrogen-bond acceptors (Lipinski definition) is 1.